The van der Waals surface area contributed by atoms with E-state index < -0.39 is 9.84 Å². The Bertz CT molecular complexity index is 579. The molecule has 22 heavy (non-hydrogen) atoms. The monoisotopic (exact) mass is 323 g/mol. The van der Waals surface area contributed by atoms with E-state index in [-0.39, 0.29) is 23.3 Å². The molecule has 0 bridgehead atoms. The molecular formula is C17H25NO3S. The highest BCUT2D eigenvalue weighted by Crippen LogP contribution is 2.22. The Kier molecular flexibility index (Phi) is 6.00. The number of hydrogen-bond donors (Lipinski definition) is 1. The molecular weight excluding hydrogens is 298 g/mol. The van der Waals surface area contributed by atoms with Crippen molar-refractivity contribution in [2.24, 2.45) is 5.92 Å². The lowest BCUT2D eigenvalue weighted by molar-refractivity contribution is -0.117. The van der Waals surface area contributed by atoms with E-state index in [0.29, 0.717) is 19.3 Å². The molecule has 1 aromatic rings. The maximum atomic E-state index is 12.0. The van der Waals surface area contributed by atoms with Crippen molar-refractivity contribution in [2.75, 3.05) is 16.8 Å². The zero-order chi connectivity index (χ0) is 16.0. The third-order valence-electron chi connectivity index (χ3n) is 4.20. The van der Waals surface area contributed by atoms with Gasteiger partial charge in [0.25, 0.3) is 0 Å². The van der Waals surface area contributed by atoms with Crippen molar-refractivity contribution in [1.29, 1.82) is 0 Å². The van der Waals surface area contributed by atoms with Crippen molar-refractivity contribution in [3.05, 3.63) is 29.8 Å². The lowest BCUT2D eigenvalue weighted by Gasteiger charge is -2.21. The number of carbonyl (C=O) groups is 1. The van der Waals surface area contributed by atoms with Gasteiger partial charge >= 0.3 is 0 Å². The quantitative estimate of drug-likeness (QED) is 0.874. The van der Waals surface area contributed by atoms with E-state index in [9.17, 15) is 13.2 Å². The summed E-state index contributed by atoms with van der Waals surface area (Å²) >= 11 is 0. The fourth-order valence-corrected chi connectivity index (χ4v) is 4.34. The van der Waals surface area contributed by atoms with Gasteiger partial charge in [-0.25, -0.2) is 8.42 Å². The van der Waals surface area contributed by atoms with Gasteiger partial charge in [-0.05, 0) is 49.3 Å². The standard InChI is InChI=1S/C17H25NO3S/c1-2-3-4-14-5-7-16(8-6-14)18-17(19)13-15-9-11-22(20,21)12-10-15/h5-8,15H,2-4,9-13H2,1H3,(H,18,19). The zero-order valence-corrected chi connectivity index (χ0v) is 14.0. The minimum atomic E-state index is -2.85. The average molecular weight is 323 g/mol. The predicted molar refractivity (Wildman–Crippen MR) is 89.7 cm³/mol. The average Bonchev–Trinajstić information content (AvgIpc) is 2.49. The van der Waals surface area contributed by atoms with Gasteiger partial charge in [0.2, 0.25) is 5.91 Å². The molecule has 0 aliphatic carbocycles. The van der Waals surface area contributed by atoms with E-state index in [1.54, 1.807) is 0 Å². The Morgan fingerprint density at radius 2 is 1.82 bits per heavy atom. The van der Waals surface area contributed by atoms with E-state index in [4.69, 9.17) is 0 Å². The third-order valence-corrected chi connectivity index (χ3v) is 5.92. The first kappa shape index (κ1) is 17.0. The van der Waals surface area contributed by atoms with Crippen LogP contribution in [0.25, 0.3) is 0 Å². The largest absolute Gasteiger partial charge is 0.326 e. The van der Waals surface area contributed by atoms with Crippen LogP contribution in [0.1, 0.15) is 44.6 Å². The summed E-state index contributed by atoms with van der Waals surface area (Å²) < 4.78 is 22.8. The number of nitrogens with one attached hydrogen (secondary N) is 1. The number of anilines is 1. The second kappa shape index (κ2) is 7.77. The first-order valence-electron chi connectivity index (χ1n) is 8.08. The van der Waals surface area contributed by atoms with Gasteiger partial charge in [-0.15, -0.1) is 0 Å². The highest BCUT2D eigenvalue weighted by Gasteiger charge is 2.25. The first-order chi connectivity index (χ1) is 10.5. The van der Waals surface area contributed by atoms with Crippen LogP contribution in [0.15, 0.2) is 24.3 Å². The van der Waals surface area contributed by atoms with Crippen LogP contribution in [0.5, 0.6) is 0 Å². The molecule has 1 aliphatic rings. The van der Waals surface area contributed by atoms with E-state index in [2.05, 4.69) is 24.4 Å². The third kappa shape index (κ3) is 5.44. The minimum Gasteiger partial charge on any atom is -0.326 e. The Labute approximate surface area is 133 Å². The molecule has 1 amide bonds. The summed E-state index contributed by atoms with van der Waals surface area (Å²) in [6.45, 7) is 2.17. The molecule has 2 rings (SSSR count). The summed E-state index contributed by atoms with van der Waals surface area (Å²) in [5.41, 5.74) is 2.10. The maximum absolute atomic E-state index is 12.0. The number of hydrogen-bond acceptors (Lipinski definition) is 3. The maximum Gasteiger partial charge on any atom is 0.224 e. The lowest BCUT2D eigenvalue weighted by atomic mass is 9.98. The molecule has 1 fully saturated rings. The fourth-order valence-electron chi connectivity index (χ4n) is 2.75. The van der Waals surface area contributed by atoms with Crippen molar-refractivity contribution in [1.82, 2.24) is 0 Å². The van der Waals surface area contributed by atoms with Gasteiger partial charge in [-0.2, -0.15) is 0 Å². The molecule has 0 unspecified atom stereocenters. The SMILES string of the molecule is CCCCc1ccc(NC(=O)CC2CCS(=O)(=O)CC2)cc1. The van der Waals surface area contributed by atoms with Crippen LogP contribution in [0, 0.1) is 5.92 Å². The lowest BCUT2D eigenvalue weighted by Crippen LogP contribution is -2.26. The van der Waals surface area contributed by atoms with Crippen LogP contribution in [0.2, 0.25) is 0 Å². The molecule has 1 aliphatic heterocycles. The number of amides is 1. The van der Waals surface area contributed by atoms with Crippen molar-refractivity contribution in [3.63, 3.8) is 0 Å². The minimum absolute atomic E-state index is 0.0226. The van der Waals surface area contributed by atoms with Gasteiger partial charge in [0.05, 0.1) is 11.5 Å². The van der Waals surface area contributed by atoms with E-state index in [0.717, 1.165) is 12.1 Å². The molecule has 0 radical (unpaired) electrons. The van der Waals surface area contributed by atoms with E-state index >= 15 is 0 Å². The van der Waals surface area contributed by atoms with Crippen molar-refractivity contribution >= 4 is 21.4 Å². The van der Waals surface area contributed by atoms with E-state index in [1.807, 2.05) is 12.1 Å². The smallest absolute Gasteiger partial charge is 0.224 e. The number of carbonyl (C=O) groups excluding carboxylic acids is 1. The number of rotatable bonds is 6. The summed E-state index contributed by atoms with van der Waals surface area (Å²) in [5, 5.41) is 2.90. The molecule has 0 aromatic heterocycles. The van der Waals surface area contributed by atoms with Crippen LogP contribution < -0.4 is 5.32 Å². The Morgan fingerprint density at radius 1 is 1.18 bits per heavy atom. The summed E-state index contributed by atoms with van der Waals surface area (Å²) in [7, 11) is -2.85. The first-order valence-corrected chi connectivity index (χ1v) is 9.90. The van der Waals surface area contributed by atoms with Crippen LogP contribution in [-0.2, 0) is 21.1 Å². The molecule has 1 saturated heterocycles. The van der Waals surface area contributed by atoms with Gasteiger partial charge in [0.1, 0.15) is 9.84 Å². The Balaban J connectivity index is 1.79. The van der Waals surface area contributed by atoms with Gasteiger partial charge in [0.15, 0.2) is 0 Å². The van der Waals surface area contributed by atoms with Gasteiger partial charge in [-0.1, -0.05) is 25.5 Å². The molecule has 1 N–H and O–H groups in total. The Hall–Kier alpha value is -1.36. The fraction of sp³-hybridized carbons (Fsp3) is 0.588. The van der Waals surface area contributed by atoms with Crippen molar-refractivity contribution in [2.45, 2.75) is 45.4 Å². The zero-order valence-electron chi connectivity index (χ0n) is 13.2. The number of sulfone groups is 1. The molecule has 0 saturated carbocycles. The second-order valence-corrected chi connectivity index (χ2v) is 8.45. The van der Waals surface area contributed by atoms with Crippen LogP contribution in [-0.4, -0.2) is 25.8 Å². The summed E-state index contributed by atoms with van der Waals surface area (Å²) in [6, 6.07) is 7.99. The number of unbranched alkanes of at least 4 members (excludes halogenated alkanes) is 1. The molecule has 1 aromatic carbocycles. The Morgan fingerprint density at radius 3 is 2.41 bits per heavy atom. The highest BCUT2D eigenvalue weighted by atomic mass is 32.2. The van der Waals surface area contributed by atoms with Crippen molar-refractivity contribution in [3.8, 4) is 0 Å². The highest BCUT2D eigenvalue weighted by molar-refractivity contribution is 7.91. The van der Waals surface area contributed by atoms with Crippen LogP contribution >= 0.6 is 0 Å². The normalized spacial score (nSPS) is 18.0. The molecule has 1 heterocycles. The molecule has 0 atom stereocenters. The van der Waals surface area contributed by atoms with Crippen LogP contribution in [0.3, 0.4) is 0 Å². The summed E-state index contributed by atoms with van der Waals surface area (Å²) in [5.74, 6) is 0.603. The molecule has 5 heteroatoms. The molecule has 122 valence electrons. The summed E-state index contributed by atoms with van der Waals surface area (Å²) in [4.78, 5) is 12.0. The number of benzene rings is 1. The molecule has 4 nitrogen and oxygen atoms in total. The summed E-state index contributed by atoms with van der Waals surface area (Å²) in [6.07, 6.45) is 5.04. The van der Waals surface area contributed by atoms with E-state index in [1.165, 1.54) is 18.4 Å². The van der Waals surface area contributed by atoms with Gasteiger partial charge < -0.3 is 5.32 Å². The van der Waals surface area contributed by atoms with Crippen LogP contribution in [0.4, 0.5) is 5.69 Å². The molecule has 0 spiro atoms. The van der Waals surface area contributed by atoms with Gasteiger partial charge in [0, 0.05) is 12.1 Å². The van der Waals surface area contributed by atoms with Crippen molar-refractivity contribution < 1.29 is 13.2 Å². The second-order valence-electron chi connectivity index (χ2n) is 6.15. The van der Waals surface area contributed by atoms with Gasteiger partial charge in [-0.3, -0.25) is 4.79 Å². The number of aryl methyl sites for hydroxylation is 1. The predicted octanol–water partition coefficient (Wildman–Crippen LogP) is 3.18. The topological polar surface area (TPSA) is 63.2 Å².